The summed E-state index contributed by atoms with van der Waals surface area (Å²) in [5, 5.41) is 12.2. The van der Waals surface area contributed by atoms with Gasteiger partial charge < -0.3 is 15.2 Å². The molecule has 0 aliphatic rings. The first-order valence-corrected chi connectivity index (χ1v) is 7.69. The number of nitrogens with zero attached hydrogens (tertiary/aromatic N) is 2. The second-order valence-electron chi connectivity index (χ2n) is 5.33. The minimum atomic E-state index is -0.995. The Hall–Kier alpha value is -1.67. The van der Waals surface area contributed by atoms with Crippen molar-refractivity contribution in [3.05, 3.63) is 17.5 Å². The lowest BCUT2D eigenvalue weighted by Gasteiger charge is -2.28. The molecule has 1 rings (SSSR count). The molecule has 0 aromatic carbocycles. The summed E-state index contributed by atoms with van der Waals surface area (Å²) < 4.78 is 4.99. The number of carboxylic acids is 1. The molecule has 1 atom stereocenters. The molecule has 1 aromatic rings. The predicted octanol–water partition coefficient (Wildman–Crippen LogP) is 1.18. The Balaban J connectivity index is 2.61. The van der Waals surface area contributed by atoms with Crippen LogP contribution < -0.4 is 5.32 Å². The first-order chi connectivity index (χ1) is 10.2. The number of aromatic nitrogens is 2. The number of hydrogen-bond donors (Lipinski definition) is 2. The Morgan fingerprint density at radius 3 is 2.45 bits per heavy atom. The fraction of sp³-hybridized carbons (Fsp3) is 0.571. The van der Waals surface area contributed by atoms with Crippen LogP contribution in [0, 0.1) is 13.8 Å². The fourth-order valence-corrected chi connectivity index (χ4v) is 2.79. The summed E-state index contributed by atoms with van der Waals surface area (Å²) in [6.07, 6.45) is -0.211. The molecule has 0 aliphatic carbocycles. The van der Waals surface area contributed by atoms with E-state index in [-0.39, 0.29) is 24.7 Å². The van der Waals surface area contributed by atoms with Crippen LogP contribution in [0.25, 0.3) is 0 Å². The molecule has 1 aromatic heterocycles. The highest BCUT2D eigenvalue weighted by Crippen LogP contribution is 2.15. The first kappa shape index (κ1) is 18.4. The molecule has 1 amide bonds. The van der Waals surface area contributed by atoms with E-state index in [1.54, 1.807) is 6.92 Å². The summed E-state index contributed by atoms with van der Waals surface area (Å²) >= 11 is 1.21. The molecular weight excluding hydrogens is 306 g/mol. The number of aryl methyl sites for hydroxylation is 2. The molecule has 0 saturated carbocycles. The van der Waals surface area contributed by atoms with Gasteiger partial charge in [0.15, 0.2) is 5.16 Å². The van der Waals surface area contributed by atoms with Crippen molar-refractivity contribution in [2.75, 3.05) is 19.5 Å². The quantitative estimate of drug-likeness (QED) is 0.546. The van der Waals surface area contributed by atoms with Gasteiger partial charge in [0.05, 0.1) is 24.3 Å². The van der Waals surface area contributed by atoms with Crippen LogP contribution in [-0.4, -0.2) is 52.0 Å². The number of methoxy groups -OCH3 is 1. The number of hydrogen-bond acceptors (Lipinski definition) is 6. The Morgan fingerprint density at radius 1 is 1.36 bits per heavy atom. The predicted molar refractivity (Wildman–Crippen MR) is 82.9 cm³/mol. The van der Waals surface area contributed by atoms with E-state index in [0.717, 1.165) is 11.4 Å². The molecule has 0 spiro atoms. The molecular formula is C14H21N3O4S. The van der Waals surface area contributed by atoms with Crippen LogP contribution in [0.4, 0.5) is 0 Å². The van der Waals surface area contributed by atoms with Gasteiger partial charge in [-0.05, 0) is 26.8 Å². The molecule has 8 heteroatoms. The Morgan fingerprint density at radius 2 is 1.95 bits per heavy atom. The summed E-state index contributed by atoms with van der Waals surface area (Å²) in [6, 6.07) is 1.85. The largest absolute Gasteiger partial charge is 0.481 e. The van der Waals surface area contributed by atoms with Crippen molar-refractivity contribution in [2.24, 2.45) is 0 Å². The summed E-state index contributed by atoms with van der Waals surface area (Å²) in [6.45, 7) is 5.49. The van der Waals surface area contributed by atoms with Crippen molar-refractivity contribution in [3.63, 3.8) is 0 Å². The van der Waals surface area contributed by atoms with E-state index < -0.39 is 11.5 Å². The average molecular weight is 327 g/mol. The Labute approximate surface area is 133 Å². The van der Waals surface area contributed by atoms with Crippen LogP contribution in [-0.2, 0) is 14.3 Å². The SMILES string of the molecule is COCC(C)(CC(=O)O)NC(=O)CSc1nc(C)cc(C)n1. The molecule has 122 valence electrons. The lowest BCUT2D eigenvalue weighted by Crippen LogP contribution is -2.51. The van der Waals surface area contributed by atoms with Gasteiger partial charge >= 0.3 is 5.97 Å². The van der Waals surface area contributed by atoms with E-state index in [2.05, 4.69) is 15.3 Å². The van der Waals surface area contributed by atoms with Gasteiger partial charge in [0.1, 0.15) is 0 Å². The third-order valence-corrected chi connectivity index (χ3v) is 3.59. The van der Waals surface area contributed by atoms with Gasteiger partial charge in [0.25, 0.3) is 0 Å². The van der Waals surface area contributed by atoms with Crippen LogP contribution in [0.1, 0.15) is 24.7 Å². The van der Waals surface area contributed by atoms with E-state index in [1.165, 1.54) is 18.9 Å². The van der Waals surface area contributed by atoms with Gasteiger partial charge in [-0.2, -0.15) is 0 Å². The van der Waals surface area contributed by atoms with Gasteiger partial charge in [-0.15, -0.1) is 0 Å². The molecule has 0 radical (unpaired) electrons. The average Bonchev–Trinajstić information content (AvgIpc) is 2.34. The van der Waals surface area contributed by atoms with Crippen molar-refractivity contribution in [1.29, 1.82) is 0 Å². The van der Waals surface area contributed by atoms with E-state index in [0.29, 0.717) is 5.16 Å². The van der Waals surface area contributed by atoms with E-state index in [4.69, 9.17) is 9.84 Å². The zero-order valence-corrected chi connectivity index (χ0v) is 14.0. The number of aliphatic carboxylic acids is 1. The van der Waals surface area contributed by atoms with Crippen LogP contribution >= 0.6 is 11.8 Å². The second kappa shape index (κ2) is 8.09. The molecule has 1 heterocycles. The lowest BCUT2D eigenvalue weighted by molar-refractivity contribution is -0.139. The zero-order valence-electron chi connectivity index (χ0n) is 13.2. The van der Waals surface area contributed by atoms with E-state index in [1.807, 2.05) is 19.9 Å². The second-order valence-corrected chi connectivity index (χ2v) is 6.28. The molecule has 1 unspecified atom stereocenters. The van der Waals surface area contributed by atoms with E-state index in [9.17, 15) is 9.59 Å². The Kier molecular flexibility index (Phi) is 6.76. The van der Waals surface area contributed by atoms with E-state index >= 15 is 0 Å². The first-order valence-electron chi connectivity index (χ1n) is 6.71. The number of rotatable bonds is 8. The van der Waals surface area contributed by atoms with Gasteiger partial charge in [0.2, 0.25) is 5.91 Å². The van der Waals surface area contributed by atoms with Crippen LogP contribution in [0.3, 0.4) is 0 Å². The molecule has 0 aliphatic heterocycles. The van der Waals surface area contributed by atoms with Crippen molar-refractivity contribution >= 4 is 23.6 Å². The summed E-state index contributed by atoms with van der Waals surface area (Å²) in [7, 11) is 1.46. The maximum absolute atomic E-state index is 12.0. The van der Waals surface area contributed by atoms with Gasteiger partial charge in [0, 0.05) is 18.5 Å². The monoisotopic (exact) mass is 327 g/mol. The standard InChI is InChI=1S/C14H21N3O4S/c1-9-5-10(2)16-13(15-9)22-7-11(18)17-14(3,8-21-4)6-12(19)20/h5H,6-8H2,1-4H3,(H,17,18)(H,19,20). The highest BCUT2D eigenvalue weighted by atomic mass is 32.2. The summed E-state index contributed by atoms with van der Waals surface area (Å²) in [5.41, 5.74) is 0.734. The number of ether oxygens (including phenoxy) is 1. The highest BCUT2D eigenvalue weighted by molar-refractivity contribution is 7.99. The van der Waals surface area contributed by atoms with Gasteiger partial charge in [-0.3, -0.25) is 9.59 Å². The van der Waals surface area contributed by atoms with Crippen LogP contribution in [0.15, 0.2) is 11.2 Å². The lowest BCUT2D eigenvalue weighted by atomic mass is 9.99. The smallest absolute Gasteiger partial charge is 0.305 e. The third kappa shape index (κ3) is 6.40. The maximum Gasteiger partial charge on any atom is 0.305 e. The van der Waals surface area contributed by atoms with Crippen molar-refractivity contribution in [2.45, 2.75) is 37.9 Å². The van der Waals surface area contributed by atoms with Crippen LogP contribution in [0.2, 0.25) is 0 Å². The molecule has 0 bridgehead atoms. The minimum Gasteiger partial charge on any atom is -0.481 e. The highest BCUT2D eigenvalue weighted by Gasteiger charge is 2.29. The number of carbonyl (C=O) groups excluding carboxylic acids is 1. The fourth-order valence-electron chi connectivity index (χ4n) is 2.04. The molecule has 0 fully saturated rings. The topological polar surface area (TPSA) is 101 Å². The normalized spacial score (nSPS) is 13.5. The molecule has 7 nitrogen and oxygen atoms in total. The number of carbonyl (C=O) groups is 2. The zero-order chi connectivity index (χ0) is 16.8. The number of amides is 1. The third-order valence-electron chi connectivity index (χ3n) is 2.74. The van der Waals surface area contributed by atoms with Crippen molar-refractivity contribution in [3.8, 4) is 0 Å². The minimum absolute atomic E-state index is 0.113. The number of nitrogens with one attached hydrogen (secondary N) is 1. The number of carboxylic acid groups (broad SMARTS) is 1. The molecule has 22 heavy (non-hydrogen) atoms. The van der Waals surface area contributed by atoms with Gasteiger partial charge in [-0.25, -0.2) is 9.97 Å². The Bertz CT molecular complexity index is 533. The summed E-state index contributed by atoms with van der Waals surface area (Å²) in [4.78, 5) is 31.4. The maximum atomic E-state index is 12.0. The van der Waals surface area contributed by atoms with Crippen LogP contribution in [0.5, 0.6) is 0 Å². The number of thioether (sulfide) groups is 1. The summed E-state index contributed by atoms with van der Waals surface area (Å²) in [5.74, 6) is -1.17. The molecule has 2 N–H and O–H groups in total. The van der Waals surface area contributed by atoms with Gasteiger partial charge in [-0.1, -0.05) is 11.8 Å². The molecule has 0 saturated heterocycles. The van der Waals surface area contributed by atoms with Crippen molar-refractivity contribution < 1.29 is 19.4 Å². The van der Waals surface area contributed by atoms with Crippen molar-refractivity contribution in [1.82, 2.24) is 15.3 Å².